The summed E-state index contributed by atoms with van der Waals surface area (Å²) in [5.41, 5.74) is 0.628. The molecule has 0 aliphatic heterocycles. The fourth-order valence-corrected chi connectivity index (χ4v) is 3.91. The van der Waals surface area contributed by atoms with Crippen molar-refractivity contribution in [2.45, 2.75) is 11.0 Å². The standard InChI is InChI=1S/C13H10Br2ClNOS/c14-8-5-9(15)13(17-6-8)11(18)7-19-12-4-2-1-3-10(12)16/h1-6,11,18H,7H2. The number of rotatable bonds is 4. The highest BCUT2D eigenvalue weighted by molar-refractivity contribution is 9.11. The van der Waals surface area contributed by atoms with Gasteiger partial charge in [0.05, 0.1) is 10.7 Å². The zero-order valence-corrected chi connectivity index (χ0v) is 14.4. The van der Waals surface area contributed by atoms with Gasteiger partial charge in [0, 0.05) is 25.8 Å². The first-order valence-electron chi connectivity index (χ1n) is 5.44. The molecule has 2 nitrogen and oxygen atoms in total. The van der Waals surface area contributed by atoms with Gasteiger partial charge in [-0.15, -0.1) is 11.8 Å². The van der Waals surface area contributed by atoms with Gasteiger partial charge in [0.2, 0.25) is 0 Å². The van der Waals surface area contributed by atoms with Crippen LogP contribution in [0, 0.1) is 0 Å². The smallest absolute Gasteiger partial charge is 0.106 e. The van der Waals surface area contributed by atoms with Crippen molar-refractivity contribution in [3.63, 3.8) is 0 Å². The molecule has 2 aromatic rings. The molecule has 1 atom stereocenters. The number of halogens is 3. The molecule has 0 amide bonds. The maximum atomic E-state index is 10.2. The van der Waals surface area contributed by atoms with E-state index in [1.54, 1.807) is 6.20 Å². The Balaban J connectivity index is 2.05. The minimum atomic E-state index is -0.649. The lowest BCUT2D eigenvalue weighted by Crippen LogP contribution is -2.04. The first-order valence-corrected chi connectivity index (χ1v) is 8.39. The summed E-state index contributed by atoms with van der Waals surface area (Å²) in [5.74, 6) is 0.497. The molecule has 6 heteroatoms. The molecule has 0 spiro atoms. The first kappa shape index (κ1) is 15.3. The monoisotopic (exact) mass is 421 g/mol. The Morgan fingerprint density at radius 3 is 2.74 bits per heavy atom. The highest BCUT2D eigenvalue weighted by Crippen LogP contribution is 2.32. The number of aromatic nitrogens is 1. The molecule has 0 saturated carbocycles. The summed E-state index contributed by atoms with van der Waals surface area (Å²) in [5, 5.41) is 10.9. The number of nitrogens with zero attached hydrogens (tertiary/aromatic N) is 1. The molecule has 100 valence electrons. The molecule has 0 radical (unpaired) electrons. The summed E-state index contributed by atoms with van der Waals surface area (Å²) in [4.78, 5) is 5.18. The van der Waals surface area contributed by atoms with E-state index < -0.39 is 6.10 Å². The van der Waals surface area contributed by atoms with E-state index in [2.05, 4.69) is 36.8 Å². The van der Waals surface area contributed by atoms with Crippen LogP contribution in [0.2, 0.25) is 5.02 Å². The molecule has 0 saturated heterocycles. The average molecular weight is 424 g/mol. The van der Waals surface area contributed by atoms with Crippen LogP contribution in [-0.2, 0) is 0 Å². The van der Waals surface area contributed by atoms with Crippen LogP contribution in [0.3, 0.4) is 0 Å². The van der Waals surface area contributed by atoms with Gasteiger partial charge in [-0.1, -0.05) is 23.7 Å². The molecular weight excluding hydrogens is 413 g/mol. The lowest BCUT2D eigenvalue weighted by atomic mass is 10.2. The van der Waals surface area contributed by atoms with E-state index in [1.165, 1.54) is 11.8 Å². The molecule has 0 aliphatic rings. The zero-order chi connectivity index (χ0) is 13.8. The maximum absolute atomic E-state index is 10.2. The molecule has 19 heavy (non-hydrogen) atoms. The summed E-state index contributed by atoms with van der Waals surface area (Å²) in [7, 11) is 0. The van der Waals surface area contributed by atoms with E-state index in [1.807, 2.05) is 30.3 Å². The minimum Gasteiger partial charge on any atom is -0.386 e. The van der Waals surface area contributed by atoms with Crippen molar-refractivity contribution in [1.82, 2.24) is 4.98 Å². The number of benzene rings is 1. The van der Waals surface area contributed by atoms with Crippen LogP contribution in [0.5, 0.6) is 0 Å². The van der Waals surface area contributed by atoms with Crippen molar-refractivity contribution < 1.29 is 5.11 Å². The van der Waals surface area contributed by atoms with Gasteiger partial charge in [-0.3, -0.25) is 4.98 Å². The molecule has 1 N–H and O–H groups in total. The second-order valence-electron chi connectivity index (χ2n) is 3.78. The molecule has 1 unspecified atom stereocenters. The highest BCUT2D eigenvalue weighted by Gasteiger charge is 2.14. The summed E-state index contributed by atoms with van der Waals surface area (Å²) in [6.45, 7) is 0. The average Bonchev–Trinajstić information content (AvgIpc) is 2.37. The molecule has 0 aliphatic carbocycles. The van der Waals surface area contributed by atoms with Crippen LogP contribution in [0.15, 0.2) is 50.4 Å². The van der Waals surface area contributed by atoms with Crippen LogP contribution in [0.25, 0.3) is 0 Å². The third-order valence-electron chi connectivity index (χ3n) is 2.39. The Morgan fingerprint density at radius 1 is 1.32 bits per heavy atom. The van der Waals surface area contributed by atoms with E-state index in [0.29, 0.717) is 16.5 Å². The molecule has 1 aromatic carbocycles. The predicted octanol–water partition coefficient (Wildman–Crippen LogP) is 5.09. The van der Waals surface area contributed by atoms with Crippen molar-refractivity contribution >= 4 is 55.2 Å². The van der Waals surface area contributed by atoms with E-state index >= 15 is 0 Å². The second kappa shape index (κ2) is 7.09. The van der Waals surface area contributed by atoms with Gasteiger partial charge in [0.1, 0.15) is 6.10 Å². The maximum Gasteiger partial charge on any atom is 0.106 e. The van der Waals surface area contributed by atoms with Crippen LogP contribution in [-0.4, -0.2) is 15.8 Å². The molecule has 2 rings (SSSR count). The number of aliphatic hydroxyl groups is 1. The Labute approximate surface area is 137 Å². The number of pyridine rings is 1. The number of thioether (sulfide) groups is 1. The molecule has 1 aromatic heterocycles. The number of aliphatic hydroxyl groups excluding tert-OH is 1. The van der Waals surface area contributed by atoms with Crippen molar-refractivity contribution in [2.75, 3.05) is 5.75 Å². The molecular formula is C13H10Br2ClNOS. The van der Waals surface area contributed by atoms with E-state index in [9.17, 15) is 5.11 Å². The third kappa shape index (κ3) is 4.20. The second-order valence-corrected chi connectivity index (χ2v) is 7.02. The topological polar surface area (TPSA) is 33.1 Å². The Hall–Kier alpha value is -0.0700. The first-order chi connectivity index (χ1) is 9.08. The van der Waals surface area contributed by atoms with E-state index in [0.717, 1.165) is 13.8 Å². The SMILES string of the molecule is OC(CSc1ccccc1Cl)c1ncc(Br)cc1Br. The fraction of sp³-hybridized carbons (Fsp3) is 0.154. The van der Waals surface area contributed by atoms with Gasteiger partial charge in [-0.2, -0.15) is 0 Å². The van der Waals surface area contributed by atoms with E-state index in [4.69, 9.17) is 11.6 Å². The Bertz CT molecular complexity index is 582. The van der Waals surface area contributed by atoms with Gasteiger partial charge in [0.25, 0.3) is 0 Å². The van der Waals surface area contributed by atoms with Crippen molar-refractivity contribution in [1.29, 1.82) is 0 Å². The lowest BCUT2D eigenvalue weighted by Gasteiger charge is -2.12. The highest BCUT2D eigenvalue weighted by atomic mass is 79.9. The normalized spacial score (nSPS) is 12.4. The van der Waals surface area contributed by atoms with Crippen LogP contribution < -0.4 is 0 Å². The Morgan fingerprint density at radius 2 is 2.05 bits per heavy atom. The number of hydrogen-bond donors (Lipinski definition) is 1. The third-order valence-corrected chi connectivity index (χ3v) is 5.05. The Kier molecular flexibility index (Phi) is 5.71. The summed E-state index contributed by atoms with van der Waals surface area (Å²) >= 11 is 14.3. The van der Waals surface area contributed by atoms with Gasteiger partial charge in [0.15, 0.2) is 0 Å². The van der Waals surface area contributed by atoms with Gasteiger partial charge in [-0.05, 0) is 50.1 Å². The number of hydrogen-bond acceptors (Lipinski definition) is 3. The minimum absolute atomic E-state index is 0.497. The van der Waals surface area contributed by atoms with Crippen molar-refractivity contribution in [2.24, 2.45) is 0 Å². The quantitative estimate of drug-likeness (QED) is 0.696. The van der Waals surface area contributed by atoms with E-state index in [-0.39, 0.29) is 0 Å². The molecule has 0 bridgehead atoms. The summed E-state index contributed by atoms with van der Waals surface area (Å²) < 4.78 is 1.66. The molecule has 0 fully saturated rings. The summed E-state index contributed by atoms with van der Waals surface area (Å²) in [6, 6.07) is 9.45. The van der Waals surface area contributed by atoms with Gasteiger partial charge >= 0.3 is 0 Å². The van der Waals surface area contributed by atoms with Gasteiger partial charge < -0.3 is 5.11 Å². The zero-order valence-electron chi connectivity index (χ0n) is 9.69. The van der Waals surface area contributed by atoms with Crippen LogP contribution in [0.1, 0.15) is 11.8 Å². The van der Waals surface area contributed by atoms with Crippen molar-refractivity contribution in [3.05, 3.63) is 56.2 Å². The van der Waals surface area contributed by atoms with Crippen LogP contribution in [0.4, 0.5) is 0 Å². The predicted molar refractivity (Wildman–Crippen MR) is 86.8 cm³/mol. The fourth-order valence-electron chi connectivity index (χ4n) is 1.48. The van der Waals surface area contributed by atoms with Gasteiger partial charge in [-0.25, -0.2) is 0 Å². The molecule has 1 heterocycles. The van der Waals surface area contributed by atoms with Crippen molar-refractivity contribution in [3.8, 4) is 0 Å². The lowest BCUT2D eigenvalue weighted by molar-refractivity contribution is 0.198. The summed E-state index contributed by atoms with van der Waals surface area (Å²) in [6.07, 6.45) is 1.02. The largest absolute Gasteiger partial charge is 0.386 e. The van der Waals surface area contributed by atoms with Crippen LogP contribution >= 0.6 is 55.2 Å².